The Hall–Kier alpha value is -1.52. The average Bonchev–Trinajstić information content (AvgIpc) is 2.88. The third kappa shape index (κ3) is 4.48. The number of aliphatic imine (C=N–C) groups is 1. The van der Waals surface area contributed by atoms with Crippen LogP contribution in [0.2, 0.25) is 0 Å². The number of aromatic nitrogens is 2. The van der Waals surface area contributed by atoms with Crippen LogP contribution in [0.15, 0.2) is 17.4 Å². The second-order valence-corrected chi connectivity index (χ2v) is 6.46. The smallest absolute Gasteiger partial charge is 0.194 e. The highest BCUT2D eigenvalue weighted by atomic mass is 15.3. The van der Waals surface area contributed by atoms with E-state index < -0.39 is 0 Å². The van der Waals surface area contributed by atoms with Crippen LogP contribution < -0.4 is 5.32 Å². The molecule has 5 heteroatoms. The summed E-state index contributed by atoms with van der Waals surface area (Å²) in [5.41, 5.74) is 0. The Morgan fingerprint density at radius 1 is 1.43 bits per heavy atom. The number of hydrogen-bond donors (Lipinski definition) is 1. The lowest BCUT2D eigenvalue weighted by Gasteiger charge is -2.32. The number of rotatable bonds is 4. The molecule has 0 bridgehead atoms. The number of nitrogens with one attached hydrogen (secondary N) is 1. The van der Waals surface area contributed by atoms with E-state index in [0.29, 0.717) is 5.92 Å². The maximum absolute atomic E-state index is 4.46. The van der Waals surface area contributed by atoms with E-state index in [4.69, 9.17) is 0 Å². The van der Waals surface area contributed by atoms with Crippen LogP contribution in [-0.2, 0) is 13.1 Å². The van der Waals surface area contributed by atoms with Crippen molar-refractivity contribution >= 4 is 5.96 Å². The summed E-state index contributed by atoms with van der Waals surface area (Å²) in [6, 6.07) is 0. The van der Waals surface area contributed by atoms with Crippen LogP contribution in [0.5, 0.6) is 0 Å². The lowest BCUT2D eigenvalue weighted by molar-refractivity contribution is 0.273. The van der Waals surface area contributed by atoms with E-state index in [1.165, 1.54) is 12.8 Å². The highest BCUT2D eigenvalue weighted by Gasteiger charge is 2.18. The van der Waals surface area contributed by atoms with Crippen LogP contribution in [0.4, 0.5) is 0 Å². The third-order valence-electron chi connectivity index (χ3n) is 4.06. The molecular formula is C16H29N5. The number of nitrogens with zero attached hydrogens (tertiary/aromatic N) is 4. The van der Waals surface area contributed by atoms with Gasteiger partial charge in [0.15, 0.2) is 5.96 Å². The molecule has 1 saturated heterocycles. The number of piperidine rings is 1. The first-order valence-corrected chi connectivity index (χ1v) is 8.05. The van der Waals surface area contributed by atoms with Gasteiger partial charge >= 0.3 is 0 Å². The van der Waals surface area contributed by atoms with Crippen LogP contribution in [0.3, 0.4) is 0 Å². The molecule has 1 aromatic rings. The van der Waals surface area contributed by atoms with Crippen molar-refractivity contribution in [2.45, 2.75) is 46.7 Å². The maximum atomic E-state index is 4.46. The van der Waals surface area contributed by atoms with Crippen LogP contribution in [0, 0.1) is 11.8 Å². The molecule has 21 heavy (non-hydrogen) atoms. The lowest BCUT2D eigenvalue weighted by atomic mass is 10.00. The molecule has 0 aliphatic carbocycles. The van der Waals surface area contributed by atoms with E-state index in [9.17, 15) is 0 Å². The molecule has 0 atom stereocenters. The van der Waals surface area contributed by atoms with Gasteiger partial charge in [-0.25, -0.2) is 4.98 Å². The van der Waals surface area contributed by atoms with Crippen LogP contribution >= 0.6 is 0 Å². The highest BCUT2D eigenvalue weighted by molar-refractivity contribution is 5.79. The summed E-state index contributed by atoms with van der Waals surface area (Å²) in [7, 11) is 1.86. The Morgan fingerprint density at radius 3 is 2.76 bits per heavy atom. The van der Waals surface area contributed by atoms with Gasteiger partial charge in [0, 0.05) is 39.1 Å². The van der Waals surface area contributed by atoms with Gasteiger partial charge < -0.3 is 14.8 Å². The standard InChI is InChI=1S/C16H29N5/c1-13(2)12-21-10-7-18-15(21)11-19-16(17-4)20-8-5-14(3)6-9-20/h7,10,13-14H,5-6,8-9,11-12H2,1-4H3,(H,17,19). The first-order chi connectivity index (χ1) is 10.1. The summed E-state index contributed by atoms with van der Waals surface area (Å²) in [5.74, 6) is 3.54. The predicted octanol–water partition coefficient (Wildman–Crippen LogP) is 2.35. The zero-order chi connectivity index (χ0) is 15.2. The van der Waals surface area contributed by atoms with Crippen LogP contribution in [0.1, 0.15) is 39.4 Å². The van der Waals surface area contributed by atoms with Gasteiger partial charge in [-0.1, -0.05) is 20.8 Å². The van der Waals surface area contributed by atoms with Gasteiger partial charge in [0.25, 0.3) is 0 Å². The molecule has 1 aromatic heterocycles. The summed E-state index contributed by atoms with van der Waals surface area (Å²) < 4.78 is 2.23. The zero-order valence-corrected chi connectivity index (χ0v) is 13.8. The molecular weight excluding hydrogens is 262 g/mol. The topological polar surface area (TPSA) is 45.5 Å². The summed E-state index contributed by atoms with van der Waals surface area (Å²) in [4.78, 5) is 11.2. The minimum Gasteiger partial charge on any atom is -0.349 e. The minimum atomic E-state index is 0.626. The monoisotopic (exact) mass is 291 g/mol. The number of guanidine groups is 1. The highest BCUT2D eigenvalue weighted by Crippen LogP contribution is 2.16. The molecule has 0 spiro atoms. The van der Waals surface area contributed by atoms with Gasteiger partial charge in [-0.3, -0.25) is 4.99 Å². The molecule has 118 valence electrons. The first-order valence-electron chi connectivity index (χ1n) is 8.05. The second kappa shape index (κ2) is 7.48. The van der Waals surface area contributed by atoms with E-state index in [2.05, 4.69) is 51.7 Å². The van der Waals surface area contributed by atoms with Crippen molar-refractivity contribution in [2.24, 2.45) is 16.8 Å². The minimum absolute atomic E-state index is 0.626. The summed E-state index contributed by atoms with van der Waals surface area (Å²) in [5, 5.41) is 3.46. The fourth-order valence-electron chi connectivity index (χ4n) is 2.78. The van der Waals surface area contributed by atoms with E-state index in [0.717, 1.165) is 43.9 Å². The Bertz CT molecular complexity index is 455. The molecule has 1 N–H and O–H groups in total. The molecule has 0 radical (unpaired) electrons. The van der Waals surface area contributed by atoms with Gasteiger partial charge in [0.2, 0.25) is 0 Å². The van der Waals surface area contributed by atoms with Gasteiger partial charge in [-0.15, -0.1) is 0 Å². The van der Waals surface area contributed by atoms with Crippen molar-refractivity contribution in [1.82, 2.24) is 19.8 Å². The van der Waals surface area contributed by atoms with E-state index >= 15 is 0 Å². The molecule has 0 saturated carbocycles. The molecule has 0 amide bonds. The third-order valence-corrected chi connectivity index (χ3v) is 4.06. The Kier molecular flexibility index (Phi) is 5.65. The lowest BCUT2D eigenvalue weighted by Crippen LogP contribution is -2.45. The average molecular weight is 291 g/mol. The SMILES string of the molecule is CN=C(NCc1nccn1CC(C)C)N1CCC(C)CC1. The molecule has 1 fully saturated rings. The Labute approximate surface area is 128 Å². The van der Waals surface area contributed by atoms with Crippen LogP contribution in [-0.4, -0.2) is 40.5 Å². The number of likely N-dealkylation sites (tertiary alicyclic amines) is 1. The molecule has 2 rings (SSSR count). The summed E-state index contributed by atoms with van der Waals surface area (Å²) in [6.07, 6.45) is 6.44. The largest absolute Gasteiger partial charge is 0.349 e. The normalized spacial score (nSPS) is 17.6. The Balaban J connectivity index is 1.90. The van der Waals surface area contributed by atoms with Gasteiger partial charge in [-0.05, 0) is 24.7 Å². The second-order valence-electron chi connectivity index (χ2n) is 6.46. The van der Waals surface area contributed by atoms with Crippen molar-refractivity contribution in [3.63, 3.8) is 0 Å². The number of hydrogen-bond acceptors (Lipinski definition) is 2. The van der Waals surface area contributed by atoms with Gasteiger partial charge in [0.1, 0.15) is 5.82 Å². The van der Waals surface area contributed by atoms with Gasteiger partial charge in [-0.2, -0.15) is 0 Å². The Morgan fingerprint density at radius 2 is 2.14 bits per heavy atom. The van der Waals surface area contributed by atoms with Crippen LogP contribution in [0.25, 0.3) is 0 Å². The number of imidazole rings is 1. The quantitative estimate of drug-likeness (QED) is 0.684. The van der Waals surface area contributed by atoms with Crippen molar-refractivity contribution in [1.29, 1.82) is 0 Å². The molecule has 1 aliphatic heterocycles. The van der Waals surface area contributed by atoms with E-state index in [1.54, 1.807) is 0 Å². The van der Waals surface area contributed by atoms with E-state index in [1.807, 2.05) is 13.2 Å². The van der Waals surface area contributed by atoms with Crippen molar-refractivity contribution in [2.75, 3.05) is 20.1 Å². The molecule has 5 nitrogen and oxygen atoms in total. The fourth-order valence-corrected chi connectivity index (χ4v) is 2.78. The molecule has 1 aliphatic rings. The predicted molar refractivity (Wildman–Crippen MR) is 87.2 cm³/mol. The van der Waals surface area contributed by atoms with E-state index in [-0.39, 0.29) is 0 Å². The maximum Gasteiger partial charge on any atom is 0.194 e. The van der Waals surface area contributed by atoms with Crippen molar-refractivity contribution in [3.8, 4) is 0 Å². The molecule has 0 aromatic carbocycles. The first kappa shape index (κ1) is 15.9. The molecule has 0 unspecified atom stereocenters. The zero-order valence-electron chi connectivity index (χ0n) is 13.8. The van der Waals surface area contributed by atoms with Crippen molar-refractivity contribution < 1.29 is 0 Å². The fraction of sp³-hybridized carbons (Fsp3) is 0.750. The summed E-state index contributed by atoms with van der Waals surface area (Å²) in [6.45, 7) is 10.7. The van der Waals surface area contributed by atoms with Gasteiger partial charge in [0.05, 0.1) is 6.54 Å². The molecule has 2 heterocycles. The summed E-state index contributed by atoms with van der Waals surface area (Å²) >= 11 is 0. The van der Waals surface area contributed by atoms with Crippen molar-refractivity contribution in [3.05, 3.63) is 18.2 Å².